The third kappa shape index (κ3) is 6.06. The Kier molecular flexibility index (Phi) is 8.12. The van der Waals surface area contributed by atoms with Crippen LogP contribution in [0.5, 0.6) is 5.75 Å². The van der Waals surface area contributed by atoms with Gasteiger partial charge >= 0.3 is 0 Å². The van der Waals surface area contributed by atoms with Crippen molar-refractivity contribution in [1.29, 1.82) is 0 Å². The van der Waals surface area contributed by atoms with E-state index in [1.807, 2.05) is 48.5 Å². The summed E-state index contributed by atoms with van der Waals surface area (Å²) in [7, 11) is 0. The number of pyridine rings is 1. The molecule has 246 valence electrons. The van der Waals surface area contributed by atoms with E-state index in [9.17, 15) is 5.11 Å². The van der Waals surface area contributed by atoms with Gasteiger partial charge in [0.1, 0.15) is 11.6 Å². The van der Waals surface area contributed by atoms with Gasteiger partial charge in [-0.25, -0.2) is 4.98 Å². The number of phenols is 1. The molecule has 0 spiro atoms. The van der Waals surface area contributed by atoms with Crippen molar-refractivity contribution >= 4 is 16.9 Å². The van der Waals surface area contributed by atoms with E-state index >= 15 is 0 Å². The molecule has 5 aromatic carbocycles. The Morgan fingerprint density at radius 3 is 1.94 bits per heavy atom. The Bertz CT molecular complexity index is 2400. The summed E-state index contributed by atoms with van der Waals surface area (Å²) in [5, 5.41) is 12.0. The fraction of sp³-hybridized carbons (Fsp3) is 0.178. The van der Waals surface area contributed by atoms with Crippen molar-refractivity contribution in [2.24, 2.45) is 0 Å². The predicted molar refractivity (Wildman–Crippen MR) is 206 cm³/mol. The fourth-order valence-corrected chi connectivity index (χ4v) is 6.54. The first-order chi connectivity index (χ1) is 23.9. The van der Waals surface area contributed by atoms with Crippen LogP contribution in [0.15, 0.2) is 127 Å². The number of nitrogens with zero attached hydrogens (tertiary/aromatic N) is 4. The smallest absolute Gasteiger partial charge is 0.270 e. The first kappa shape index (κ1) is 32.6. The lowest BCUT2D eigenvalue weighted by Gasteiger charge is -2.27. The molecule has 0 aliphatic rings. The summed E-state index contributed by atoms with van der Waals surface area (Å²) < 4.78 is 2.16. The second-order valence-electron chi connectivity index (χ2n) is 14.9. The maximum Gasteiger partial charge on any atom is 0.270 e. The van der Waals surface area contributed by atoms with Crippen molar-refractivity contribution < 1.29 is 5.11 Å². The molecule has 0 aliphatic heterocycles. The third-order valence-electron chi connectivity index (χ3n) is 9.22. The maximum absolute atomic E-state index is 12.0. The van der Waals surface area contributed by atoms with Gasteiger partial charge in [-0.05, 0) is 87.7 Å². The molecule has 1 N–H and O–H groups in total. The zero-order valence-electron chi connectivity index (χ0n) is 29.4. The van der Waals surface area contributed by atoms with Crippen LogP contribution in [0, 0.1) is 6.57 Å². The zero-order valence-corrected chi connectivity index (χ0v) is 29.4. The Morgan fingerprint density at radius 1 is 0.600 bits per heavy atom. The van der Waals surface area contributed by atoms with Crippen molar-refractivity contribution in [3.05, 3.63) is 150 Å². The third-order valence-corrected chi connectivity index (χ3v) is 9.22. The molecule has 7 rings (SSSR count). The number of para-hydroxylation sites is 2. The first-order valence-corrected chi connectivity index (χ1v) is 16.9. The number of rotatable bonds is 5. The van der Waals surface area contributed by atoms with Crippen LogP contribution in [-0.4, -0.2) is 19.6 Å². The standard InChI is InChI=1S/C45H40N4O/c1-44(2,3)33-27-36(42(50)37(28-33)45(4,5)6)43-48-41-35(20-14-22-39(41)49(43)34-18-12-9-13-19-34)31-24-30(29-16-10-8-11-17-29)25-32(26-31)38-21-15-23-40(46-7)47-38/h8-28,50H,1-6H3. The molecule has 0 aliphatic carbocycles. The van der Waals surface area contributed by atoms with Gasteiger partial charge in [0.15, 0.2) is 5.69 Å². The highest BCUT2D eigenvalue weighted by molar-refractivity contribution is 5.97. The van der Waals surface area contributed by atoms with E-state index in [1.54, 1.807) is 6.07 Å². The van der Waals surface area contributed by atoms with Crippen molar-refractivity contribution in [3.63, 3.8) is 0 Å². The molecule has 0 unspecified atom stereocenters. The maximum atomic E-state index is 12.0. The summed E-state index contributed by atoms with van der Waals surface area (Å²) in [4.78, 5) is 13.7. The summed E-state index contributed by atoms with van der Waals surface area (Å²) in [6, 6.07) is 43.1. The molecule has 0 saturated carbocycles. The summed E-state index contributed by atoms with van der Waals surface area (Å²) in [6.45, 7) is 20.6. The first-order valence-electron chi connectivity index (χ1n) is 16.9. The lowest BCUT2D eigenvalue weighted by atomic mass is 9.79. The summed E-state index contributed by atoms with van der Waals surface area (Å²) >= 11 is 0. The molecule has 2 heterocycles. The molecule has 5 heteroatoms. The average molecular weight is 653 g/mol. The largest absolute Gasteiger partial charge is 0.507 e. The Hall–Kier alpha value is -5.99. The van der Waals surface area contributed by atoms with E-state index in [0.29, 0.717) is 17.2 Å². The summed E-state index contributed by atoms with van der Waals surface area (Å²) in [5.41, 5.74) is 10.7. The topological polar surface area (TPSA) is 55.3 Å². The van der Waals surface area contributed by atoms with Gasteiger partial charge in [-0.3, -0.25) is 4.57 Å². The highest BCUT2D eigenvalue weighted by atomic mass is 16.3. The number of imidazole rings is 1. The van der Waals surface area contributed by atoms with Crippen molar-refractivity contribution in [2.45, 2.75) is 52.4 Å². The quantitative estimate of drug-likeness (QED) is 0.188. The van der Waals surface area contributed by atoms with Gasteiger partial charge in [0.2, 0.25) is 0 Å². The number of aromatic hydroxyl groups is 1. The lowest BCUT2D eigenvalue weighted by Crippen LogP contribution is -2.17. The van der Waals surface area contributed by atoms with E-state index in [4.69, 9.17) is 11.6 Å². The van der Waals surface area contributed by atoms with E-state index < -0.39 is 0 Å². The predicted octanol–water partition coefficient (Wildman–Crippen LogP) is 11.9. The molecule has 2 aromatic heterocycles. The Balaban J connectivity index is 1.55. The SMILES string of the molecule is [C-]#[N+]c1cccc(-c2cc(-c3ccccc3)cc(-c3cccc4c3nc(-c3cc(C(C)(C)C)cc(C(C)(C)C)c3O)n4-c3ccccc3)c2)n1. The van der Waals surface area contributed by atoms with Crippen molar-refractivity contribution in [1.82, 2.24) is 14.5 Å². The van der Waals surface area contributed by atoms with E-state index in [0.717, 1.165) is 61.4 Å². The van der Waals surface area contributed by atoms with Gasteiger partial charge in [0, 0.05) is 22.4 Å². The molecule has 0 amide bonds. The van der Waals surface area contributed by atoms with Crippen LogP contribution in [0.1, 0.15) is 52.7 Å². The molecule has 5 nitrogen and oxygen atoms in total. The molecular formula is C45H40N4O. The second kappa shape index (κ2) is 12.5. The number of fused-ring (bicyclic) bond motifs is 1. The molecule has 0 saturated heterocycles. The second-order valence-corrected chi connectivity index (χ2v) is 14.9. The molecule has 7 aromatic rings. The minimum absolute atomic E-state index is 0.149. The number of hydrogen-bond donors (Lipinski definition) is 1. The van der Waals surface area contributed by atoms with Crippen LogP contribution in [0.4, 0.5) is 5.82 Å². The molecular weight excluding hydrogens is 613 g/mol. The number of aromatic nitrogens is 3. The Morgan fingerprint density at radius 2 is 1.26 bits per heavy atom. The van der Waals surface area contributed by atoms with Crippen LogP contribution in [0.2, 0.25) is 0 Å². The number of benzene rings is 5. The van der Waals surface area contributed by atoms with Crippen molar-refractivity contribution in [3.8, 4) is 56.3 Å². The fourth-order valence-electron chi connectivity index (χ4n) is 6.54. The molecule has 0 bridgehead atoms. The molecule has 0 radical (unpaired) electrons. The number of hydrogen-bond acceptors (Lipinski definition) is 3. The molecule has 0 atom stereocenters. The summed E-state index contributed by atoms with van der Waals surface area (Å²) in [6.07, 6.45) is 0. The van der Waals surface area contributed by atoms with E-state index in [2.05, 4.69) is 129 Å². The van der Waals surface area contributed by atoms with Gasteiger partial charge in [-0.15, -0.1) is 4.98 Å². The molecule has 0 fully saturated rings. The van der Waals surface area contributed by atoms with Crippen LogP contribution in [-0.2, 0) is 10.8 Å². The van der Waals surface area contributed by atoms with E-state index in [-0.39, 0.29) is 16.6 Å². The monoisotopic (exact) mass is 652 g/mol. The van der Waals surface area contributed by atoms with Crippen LogP contribution in [0.3, 0.4) is 0 Å². The number of phenolic OH excluding ortho intramolecular Hbond substituents is 1. The lowest BCUT2D eigenvalue weighted by molar-refractivity contribution is 0.446. The van der Waals surface area contributed by atoms with Gasteiger partial charge in [0.25, 0.3) is 5.82 Å². The van der Waals surface area contributed by atoms with Gasteiger partial charge in [-0.1, -0.05) is 121 Å². The van der Waals surface area contributed by atoms with Crippen LogP contribution in [0.25, 0.3) is 66.5 Å². The van der Waals surface area contributed by atoms with Gasteiger partial charge in [0.05, 0.1) is 16.6 Å². The minimum atomic E-state index is -0.290. The average Bonchev–Trinajstić information content (AvgIpc) is 3.51. The van der Waals surface area contributed by atoms with E-state index in [1.165, 1.54) is 0 Å². The van der Waals surface area contributed by atoms with Crippen molar-refractivity contribution in [2.75, 3.05) is 0 Å². The Labute approximate surface area is 294 Å². The zero-order chi connectivity index (χ0) is 35.2. The highest BCUT2D eigenvalue weighted by Gasteiger charge is 2.28. The summed E-state index contributed by atoms with van der Waals surface area (Å²) in [5.74, 6) is 1.28. The normalized spacial score (nSPS) is 11.9. The van der Waals surface area contributed by atoms with Crippen LogP contribution < -0.4 is 0 Å². The highest BCUT2D eigenvalue weighted by Crippen LogP contribution is 2.44. The van der Waals surface area contributed by atoms with Crippen LogP contribution >= 0.6 is 0 Å². The van der Waals surface area contributed by atoms with Gasteiger partial charge < -0.3 is 9.95 Å². The molecule has 50 heavy (non-hydrogen) atoms. The van der Waals surface area contributed by atoms with Gasteiger partial charge in [-0.2, -0.15) is 0 Å². The minimum Gasteiger partial charge on any atom is -0.507 e.